The quantitative estimate of drug-likeness (QED) is 0.642. The first kappa shape index (κ1) is 15.5. The number of aromatic nitrogens is 3. The van der Waals surface area contributed by atoms with Gasteiger partial charge in [-0.1, -0.05) is 22.4 Å². The molecule has 132 valence electrons. The van der Waals surface area contributed by atoms with Crippen LogP contribution in [0.4, 0.5) is 0 Å². The van der Waals surface area contributed by atoms with Crippen molar-refractivity contribution in [3.8, 4) is 11.4 Å². The van der Waals surface area contributed by atoms with Gasteiger partial charge in [0.2, 0.25) is 23.3 Å². The van der Waals surface area contributed by atoms with E-state index in [1.54, 1.807) is 6.20 Å². The number of hydrogen-bond donors (Lipinski definition) is 0. The number of ketones is 1. The third-order valence-corrected chi connectivity index (χ3v) is 5.41. The highest BCUT2D eigenvalue weighted by atomic mass is 16.5. The van der Waals surface area contributed by atoms with Gasteiger partial charge in [0.25, 0.3) is 0 Å². The van der Waals surface area contributed by atoms with E-state index in [4.69, 9.17) is 9.05 Å². The largest absolute Gasteiger partial charge is 0.353 e. The van der Waals surface area contributed by atoms with Crippen molar-refractivity contribution >= 4 is 5.78 Å². The van der Waals surface area contributed by atoms with Gasteiger partial charge in [0.1, 0.15) is 0 Å². The molecule has 6 heteroatoms. The van der Waals surface area contributed by atoms with Crippen LogP contribution in [0.15, 0.2) is 33.4 Å². The molecule has 0 aliphatic heterocycles. The number of nitrogens with zero attached hydrogens (tertiary/aromatic N) is 3. The van der Waals surface area contributed by atoms with Crippen LogP contribution in [-0.2, 0) is 6.42 Å². The van der Waals surface area contributed by atoms with Crippen LogP contribution < -0.4 is 0 Å². The zero-order valence-corrected chi connectivity index (χ0v) is 14.6. The summed E-state index contributed by atoms with van der Waals surface area (Å²) in [4.78, 5) is 17.0. The van der Waals surface area contributed by atoms with Gasteiger partial charge in [-0.15, -0.1) is 0 Å². The number of fused-ring (bicyclic) bond motifs is 1. The first-order valence-corrected chi connectivity index (χ1v) is 9.10. The fraction of sp³-hybridized carbons (Fsp3) is 0.400. The minimum atomic E-state index is 0.0224. The summed E-state index contributed by atoms with van der Waals surface area (Å²) in [6.07, 6.45) is 6.26. The lowest BCUT2D eigenvalue weighted by molar-refractivity contribution is 0.0936. The number of aryl methyl sites for hydroxylation is 2. The lowest BCUT2D eigenvalue weighted by Gasteiger charge is -2.10. The summed E-state index contributed by atoms with van der Waals surface area (Å²) >= 11 is 0. The van der Waals surface area contributed by atoms with Gasteiger partial charge in [-0.3, -0.25) is 4.79 Å². The summed E-state index contributed by atoms with van der Waals surface area (Å²) in [7, 11) is 0. The van der Waals surface area contributed by atoms with Gasteiger partial charge in [0, 0.05) is 23.5 Å². The van der Waals surface area contributed by atoms with E-state index in [1.165, 1.54) is 11.1 Å². The van der Waals surface area contributed by atoms with E-state index in [-0.39, 0.29) is 11.7 Å². The minimum Gasteiger partial charge on any atom is -0.353 e. The Kier molecular flexibility index (Phi) is 3.51. The van der Waals surface area contributed by atoms with E-state index in [1.807, 2.05) is 13.0 Å². The van der Waals surface area contributed by atoms with Gasteiger partial charge in [-0.05, 0) is 55.7 Å². The van der Waals surface area contributed by atoms with Gasteiger partial charge < -0.3 is 9.05 Å². The third-order valence-electron chi connectivity index (χ3n) is 5.41. The first-order valence-electron chi connectivity index (χ1n) is 9.10. The predicted octanol–water partition coefficient (Wildman–Crippen LogP) is 4.21. The van der Waals surface area contributed by atoms with E-state index in [0.29, 0.717) is 23.9 Å². The molecule has 0 bridgehead atoms. The summed E-state index contributed by atoms with van der Waals surface area (Å²) in [6, 6.07) is 6.28. The van der Waals surface area contributed by atoms with Gasteiger partial charge in [-0.25, -0.2) is 0 Å². The monoisotopic (exact) mass is 349 g/mol. The van der Waals surface area contributed by atoms with Crippen molar-refractivity contribution in [2.75, 3.05) is 0 Å². The Morgan fingerprint density at radius 1 is 1.23 bits per heavy atom. The molecule has 26 heavy (non-hydrogen) atoms. The minimum absolute atomic E-state index is 0.0224. The number of Topliss-reactive ketones (excluding diaryl/α,β-unsaturated/α-hetero) is 1. The van der Waals surface area contributed by atoms with Crippen LogP contribution in [0.1, 0.15) is 70.7 Å². The molecule has 6 nitrogen and oxygen atoms in total. The van der Waals surface area contributed by atoms with Crippen molar-refractivity contribution in [3.05, 3.63) is 52.7 Å². The van der Waals surface area contributed by atoms with Gasteiger partial charge >= 0.3 is 0 Å². The lowest BCUT2D eigenvalue weighted by atomic mass is 9.93. The van der Waals surface area contributed by atoms with E-state index < -0.39 is 0 Å². The highest BCUT2D eigenvalue weighted by Crippen LogP contribution is 2.41. The molecule has 0 radical (unpaired) electrons. The number of rotatable bonds is 5. The van der Waals surface area contributed by atoms with Crippen molar-refractivity contribution in [2.24, 2.45) is 0 Å². The van der Waals surface area contributed by atoms with E-state index in [0.717, 1.165) is 42.7 Å². The topological polar surface area (TPSA) is 82.0 Å². The number of carbonyl (C=O) groups is 1. The van der Waals surface area contributed by atoms with Crippen LogP contribution in [0.25, 0.3) is 11.4 Å². The lowest BCUT2D eigenvalue weighted by Crippen LogP contribution is -2.05. The molecule has 0 saturated heterocycles. The summed E-state index contributed by atoms with van der Waals surface area (Å²) in [6.45, 7) is 1.85. The smallest absolute Gasteiger partial charge is 0.230 e. The summed E-state index contributed by atoms with van der Waals surface area (Å²) in [5.74, 6) is 2.51. The molecule has 0 N–H and O–H groups in total. The van der Waals surface area contributed by atoms with Crippen molar-refractivity contribution < 1.29 is 13.8 Å². The Hall–Kier alpha value is -2.76. The molecule has 0 amide bonds. The predicted molar refractivity (Wildman–Crippen MR) is 93.0 cm³/mol. The molecule has 0 unspecified atom stereocenters. The summed E-state index contributed by atoms with van der Waals surface area (Å²) < 4.78 is 10.5. The molecule has 3 aromatic rings. The molecule has 1 saturated carbocycles. The number of carbonyl (C=O) groups excluding carboxylic acids is 1. The van der Waals surface area contributed by atoms with Crippen LogP contribution in [0.5, 0.6) is 0 Å². The normalized spacial score (nSPS) is 18.9. The maximum Gasteiger partial charge on any atom is 0.230 e. The zero-order valence-electron chi connectivity index (χ0n) is 14.6. The van der Waals surface area contributed by atoms with E-state index >= 15 is 0 Å². The molecule has 0 spiro atoms. The van der Waals surface area contributed by atoms with Gasteiger partial charge in [0.05, 0.1) is 6.20 Å². The third kappa shape index (κ3) is 2.66. The highest BCUT2D eigenvalue weighted by Gasteiger charge is 2.31. The van der Waals surface area contributed by atoms with Crippen molar-refractivity contribution in [1.29, 1.82) is 0 Å². The molecule has 5 rings (SSSR count). The standard InChI is InChI=1S/C20H19N3O3/c1-11-10-21-25-18(11)17(24)9-14-5-4-13-8-15(6-7-16(13)14)19-22-20(26-23-19)12-2-3-12/h6-8,10,12,14H,2-5,9H2,1H3/t14-/m0/s1. The fourth-order valence-corrected chi connectivity index (χ4v) is 3.78. The molecular weight excluding hydrogens is 330 g/mol. The molecule has 2 aliphatic carbocycles. The Balaban J connectivity index is 1.36. The second-order valence-electron chi connectivity index (χ2n) is 7.34. The summed E-state index contributed by atoms with van der Waals surface area (Å²) in [5.41, 5.74) is 4.29. The average molecular weight is 349 g/mol. The Morgan fingerprint density at radius 2 is 2.12 bits per heavy atom. The molecule has 2 heterocycles. The summed E-state index contributed by atoms with van der Waals surface area (Å²) in [5, 5.41) is 7.83. The second kappa shape index (κ2) is 5.90. The van der Waals surface area contributed by atoms with Crippen LogP contribution in [0.3, 0.4) is 0 Å². The van der Waals surface area contributed by atoms with Crippen molar-refractivity contribution in [3.63, 3.8) is 0 Å². The Labute approximate surface area is 150 Å². The van der Waals surface area contributed by atoms with Crippen molar-refractivity contribution in [1.82, 2.24) is 15.3 Å². The first-order chi connectivity index (χ1) is 12.7. The SMILES string of the molecule is Cc1cnoc1C(=O)C[C@@H]1CCc2cc(-c3noc(C4CC4)n3)ccc21. The second-order valence-corrected chi connectivity index (χ2v) is 7.34. The average Bonchev–Trinajstić information content (AvgIpc) is 3.05. The van der Waals surface area contributed by atoms with Crippen LogP contribution in [-0.4, -0.2) is 21.1 Å². The molecule has 2 aromatic heterocycles. The van der Waals surface area contributed by atoms with Crippen LogP contribution in [0.2, 0.25) is 0 Å². The van der Waals surface area contributed by atoms with Crippen LogP contribution in [0, 0.1) is 6.92 Å². The Morgan fingerprint density at radius 3 is 2.88 bits per heavy atom. The molecule has 1 atom stereocenters. The fourth-order valence-electron chi connectivity index (χ4n) is 3.78. The molecule has 1 aromatic carbocycles. The van der Waals surface area contributed by atoms with Gasteiger partial charge in [0.15, 0.2) is 0 Å². The van der Waals surface area contributed by atoms with Crippen LogP contribution >= 0.6 is 0 Å². The van der Waals surface area contributed by atoms with E-state index in [9.17, 15) is 4.79 Å². The Bertz CT molecular complexity index is 984. The van der Waals surface area contributed by atoms with Gasteiger partial charge in [-0.2, -0.15) is 4.98 Å². The number of benzene rings is 1. The highest BCUT2D eigenvalue weighted by molar-refractivity contribution is 5.95. The van der Waals surface area contributed by atoms with E-state index in [2.05, 4.69) is 27.4 Å². The molecule has 1 fully saturated rings. The maximum absolute atomic E-state index is 12.5. The molecular formula is C20H19N3O3. The number of hydrogen-bond acceptors (Lipinski definition) is 6. The van der Waals surface area contributed by atoms with Crippen molar-refractivity contribution in [2.45, 2.75) is 50.9 Å². The molecule has 2 aliphatic rings. The zero-order chi connectivity index (χ0) is 17.7. The maximum atomic E-state index is 12.5.